The number of hydrogen-bond donors (Lipinski definition) is 0. The van der Waals surface area contributed by atoms with Crippen LogP contribution in [-0.2, 0) is 25.2 Å². The van der Waals surface area contributed by atoms with Crippen molar-refractivity contribution in [2.24, 2.45) is 5.41 Å². The molecule has 204 valence electrons. The van der Waals surface area contributed by atoms with Gasteiger partial charge in [0.2, 0.25) is 5.69 Å². The summed E-state index contributed by atoms with van der Waals surface area (Å²) in [6.07, 6.45) is 5.24. The standard InChI is InChI=1S/C31H38BN2O4S/c1-7-16-33(6)39(37)32(5)26-13-12-22-10-8-9-11-25(22)30(26)23-14-17-34-21-24(27(34)19-23)20-29(36)38-18-15-28(35)31(2,3)4/h8-14,17,19,21H,7,15-16,18,20H2,1-6H3/q+1. The first-order chi connectivity index (χ1) is 18.5. The third kappa shape index (κ3) is 6.39. The second-order valence-corrected chi connectivity index (χ2v) is 13.1. The summed E-state index contributed by atoms with van der Waals surface area (Å²) in [7, 11) is 0.732. The van der Waals surface area contributed by atoms with Crippen molar-refractivity contribution in [3.05, 3.63) is 60.4 Å². The molecule has 0 radical (unpaired) electrons. The van der Waals surface area contributed by atoms with E-state index in [1.54, 1.807) is 0 Å². The number of aromatic nitrogens is 1. The zero-order chi connectivity index (χ0) is 28.3. The molecule has 1 aliphatic rings. The number of carbonyl (C=O) groups excluding carboxylic acids is 2. The molecule has 6 nitrogen and oxygen atoms in total. The number of nitrogens with zero attached hydrogens (tertiary/aromatic N) is 2. The number of esters is 1. The Morgan fingerprint density at radius 1 is 1.10 bits per heavy atom. The SMILES string of the molecule is CCCN(C)S(=O)B(C)c1ccc2ccccc2c1-c1cc[n+]2c(c1)C(CC(=O)OCCC(=O)C(C)(C)C)=C2. The molecule has 0 saturated carbocycles. The lowest BCUT2D eigenvalue weighted by Crippen LogP contribution is -2.41. The summed E-state index contributed by atoms with van der Waals surface area (Å²) in [4.78, 5) is 24.7. The van der Waals surface area contributed by atoms with Gasteiger partial charge in [0.1, 0.15) is 5.78 Å². The maximum atomic E-state index is 13.4. The number of ether oxygens (including phenoxy) is 1. The minimum Gasteiger partial charge on any atom is -0.465 e. The Morgan fingerprint density at radius 3 is 2.56 bits per heavy atom. The van der Waals surface area contributed by atoms with E-state index in [1.807, 2.05) is 68.0 Å². The highest BCUT2D eigenvalue weighted by molar-refractivity contribution is 8.12. The molecule has 0 saturated heterocycles. The second-order valence-electron chi connectivity index (χ2n) is 11.2. The Morgan fingerprint density at radius 2 is 1.85 bits per heavy atom. The van der Waals surface area contributed by atoms with E-state index in [9.17, 15) is 13.8 Å². The molecule has 2 heterocycles. The molecule has 4 rings (SSSR count). The molecule has 0 N–H and O–H groups in total. The molecule has 1 unspecified atom stereocenters. The van der Waals surface area contributed by atoms with Gasteiger partial charge >= 0.3 is 12.0 Å². The molecule has 0 fully saturated rings. The van der Waals surface area contributed by atoms with Crippen molar-refractivity contribution in [1.29, 1.82) is 0 Å². The van der Waals surface area contributed by atoms with E-state index in [1.165, 1.54) is 0 Å². The van der Waals surface area contributed by atoms with Crippen LogP contribution in [0.3, 0.4) is 0 Å². The van der Waals surface area contributed by atoms with Crippen molar-refractivity contribution in [2.75, 3.05) is 20.2 Å². The van der Waals surface area contributed by atoms with E-state index in [4.69, 9.17) is 4.74 Å². The lowest BCUT2D eigenvalue weighted by atomic mass is 9.66. The van der Waals surface area contributed by atoms with Crippen molar-refractivity contribution in [2.45, 2.75) is 53.8 Å². The Kier molecular flexibility index (Phi) is 8.87. The fourth-order valence-electron chi connectivity index (χ4n) is 4.91. The van der Waals surface area contributed by atoms with Crippen LogP contribution in [0.5, 0.6) is 0 Å². The van der Waals surface area contributed by atoms with Gasteiger partial charge in [0.25, 0.3) is 0 Å². The summed E-state index contributed by atoms with van der Waals surface area (Å²) in [5, 5.41) is 2.23. The van der Waals surface area contributed by atoms with E-state index >= 15 is 0 Å². The van der Waals surface area contributed by atoms with Crippen LogP contribution in [0.2, 0.25) is 6.82 Å². The van der Waals surface area contributed by atoms with Gasteiger partial charge in [-0.15, -0.1) is 0 Å². The Bertz CT molecular complexity index is 1460. The van der Waals surface area contributed by atoms with Gasteiger partial charge in [-0.25, -0.2) is 4.31 Å². The van der Waals surface area contributed by atoms with Gasteiger partial charge in [-0.2, -0.15) is 4.57 Å². The topological polar surface area (TPSA) is 67.6 Å². The van der Waals surface area contributed by atoms with Crippen LogP contribution in [0, 0.1) is 5.41 Å². The van der Waals surface area contributed by atoms with Crippen molar-refractivity contribution in [3.63, 3.8) is 0 Å². The Balaban J connectivity index is 1.59. The van der Waals surface area contributed by atoms with Crippen LogP contribution in [-0.4, -0.2) is 46.5 Å². The molecule has 2 aromatic carbocycles. The number of fused-ring (bicyclic) bond motifs is 2. The number of rotatable bonds is 11. The van der Waals surface area contributed by atoms with Crippen LogP contribution in [0.1, 0.15) is 52.7 Å². The lowest BCUT2D eigenvalue weighted by molar-refractivity contribution is -0.583. The van der Waals surface area contributed by atoms with E-state index in [0.29, 0.717) is 0 Å². The highest BCUT2D eigenvalue weighted by Crippen LogP contribution is 2.32. The maximum Gasteiger partial charge on any atom is 0.310 e. The van der Waals surface area contributed by atoms with Crippen LogP contribution in [0.25, 0.3) is 33.7 Å². The van der Waals surface area contributed by atoms with Gasteiger partial charge in [0.05, 0.1) is 18.6 Å². The summed E-state index contributed by atoms with van der Waals surface area (Å²) in [5.41, 5.74) is 4.52. The molecule has 8 heteroatoms. The number of hydrogen-bond acceptors (Lipinski definition) is 4. The zero-order valence-electron chi connectivity index (χ0n) is 23.8. The zero-order valence-corrected chi connectivity index (χ0v) is 24.6. The molecule has 0 amide bonds. The first-order valence-electron chi connectivity index (χ1n) is 13.6. The summed E-state index contributed by atoms with van der Waals surface area (Å²) >= 11 is 0. The summed E-state index contributed by atoms with van der Waals surface area (Å²) in [5.74, 6) is -0.459. The van der Waals surface area contributed by atoms with Gasteiger partial charge in [0.15, 0.2) is 12.4 Å². The number of ketones is 1. The van der Waals surface area contributed by atoms with Crippen molar-refractivity contribution in [1.82, 2.24) is 4.31 Å². The average Bonchev–Trinajstić information content (AvgIpc) is 2.90. The number of carbonyl (C=O) groups is 2. The third-order valence-corrected chi connectivity index (χ3v) is 8.86. The van der Waals surface area contributed by atoms with Gasteiger partial charge < -0.3 is 4.74 Å². The number of benzene rings is 2. The third-order valence-electron chi connectivity index (χ3n) is 7.21. The summed E-state index contributed by atoms with van der Waals surface area (Å²) in [6.45, 7) is 10.6. The normalized spacial score (nSPS) is 13.5. The van der Waals surface area contributed by atoms with Gasteiger partial charge in [0, 0.05) is 41.4 Å². The molecule has 39 heavy (non-hydrogen) atoms. The molecule has 1 aromatic heterocycles. The molecule has 0 aliphatic carbocycles. The molecule has 1 atom stereocenters. The highest BCUT2D eigenvalue weighted by atomic mass is 32.2. The van der Waals surface area contributed by atoms with Gasteiger partial charge in [-0.1, -0.05) is 76.4 Å². The molecule has 0 spiro atoms. The van der Waals surface area contributed by atoms with Crippen molar-refractivity contribution >= 4 is 56.6 Å². The monoisotopic (exact) mass is 545 g/mol. The predicted molar refractivity (Wildman–Crippen MR) is 161 cm³/mol. The number of Topliss-reactive ketones (excluding diaryl/α,β-unsaturated/α-hetero) is 1. The summed E-state index contributed by atoms with van der Waals surface area (Å²) < 4.78 is 22.7. The summed E-state index contributed by atoms with van der Waals surface area (Å²) in [6, 6.07) is 16.6. The number of pyridine rings is 1. The fraction of sp³-hybridized carbons (Fsp3) is 0.387. The minimum absolute atomic E-state index is 0.0747. The van der Waals surface area contributed by atoms with E-state index in [0.717, 1.165) is 51.6 Å². The van der Waals surface area contributed by atoms with Crippen LogP contribution in [0.4, 0.5) is 0 Å². The molecule has 3 aromatic rings. The van der Waals surface area contributed by atoms with Crippen LogP contribution >= 0.6 is 0 Å². The molecule has 0 bridgehead atoms. The second kappa shape index (κ2) is 12.0. The smallest absolute Gasteiger partial charge is 0.310 e. The van der Waals surface area contributed by atoms with E-state index < -0.39 is 16.3 Å². The van der Waals surface area contributed by atoms with Crippen molar-refractivity contribution < 1.29 is 23.1 Å². The van der Waals surface area contributed by atoms with Gasteiger partial charge in [-0.05, 0) is 35.4 Å². The highest BCUT2D eigenvalue weighted by Gasteiger charge is 2.31. The fourth-order valence-corrected chi connectivity index (χ4v) is 6.23. The minimum atomic E-state index is -1.18. The Hall–Kier alpha value is -3.10. The van der Waals surface area contributed by atoms with E-state index in [2.05, 4.69) is 43.3 Å². The van der Waals surface area contributed by atoms with E-state index in [-0.39, 0.29) is 37.2 Å². The first kappa shape index (κ1) is 28.9. The molecular weight excluding hydrogens is 507 g/mol. The van der Waals surface area contributed by atoms with Crippen molar-refractivity contribution in [3.8, 4) is 11.1 Å². The van der Waals surface area contributed by atoms with Crippen LogP contribution < -0.4 is 10.0 Å². The average molecular weight is 546 g/mol. The largest absolute Gasteiger partial charge is 0.465 e. The first-order valence-corrected chi connectivity index (χ1v) is 14.8. The lowest BCUT2D eigenvalue weighted by Gasteiger charge is -2.22. The van der Waals surface area contributed by atoms with Crippen LogP contribution in [0.15, 0.2) is 54.7 Å². The Labute approximate surface area is 234 Å². The molecular formula is C31H38BN2O4S+. The quantitative estimate of drug-likeness (QED) is 0.196. The predicted octanol–water partition coefficient (Wildman–Crippen LogP) is 4.88. The molecule has 1 aliphatic heterocycles. The van der Waals surface area contributed by atoms with Gasteiger partial charge in [-0.3, -0.25) is 13.8 Å². The maximum absolute atomic E-state index is 13.4.